The maximum atomic E-state index is 9.87. The van der Waals surface area contributed by atoms with E-state index in [9.17, 15) is 5.11 Å². The van der Waals surface area contributed by atoms with Crippen LogP contribution < -0.4 is 0 Å². The number of hydrogen-bond acceptors (Lipinski definition) is 4. The minimum Gasteiger partial charge on any atom is -0.393 e. The second kappa shape index (κ2) is 5.53. The summed E-state index contributed by atoms with van der Waals surface area (Å²) in [5.41, 5.74) is 0. The molecule has 0 amide bonds. The molecule has 0 aromatic rings. The molecule has 88 valence electrons. The molecule has 2 aliphatic heterocycles. The first kappa shape index (κ1) is 11.7. The lowest BCUT2D eigenvalue weighted by atomic mass is 9.97. The van der Waals surface area contributed by atoms with Gasteiger partial charge in [-0.15, -0.1) is 0 Å². The van der Waals surface area contributed by atoms with Crippen LogP contribution in [0.3, 0.4) is 0 Å². The molecule has 3 atom stereocenters. The minimum absolute atomic E-state index is 0.152. The smallest absolute Gasteiger partial charge is 0.0624 e. The van der Waals surface area contributed by atoms with Gasteiger partial charge in [-0.25, -0.2) is 0 Å². The van der Waals surface area contributed by atoms with E-state index in [1.807, 2.05) is 11.8 Å². The summed E-state index contributed by atoms with van der Waals surface area (Å²) < 4.78 is 5.44. The van der Waals surface area contributed by atoms with Gasteiger partial charge in [-0.3, -0.25) is 4.90 Å². The molecule has 0 radical (unpaired) electrons. The van der Waals surface area contributed by atoms with Crippen molar-refractivity contribution in [3.63, 3.8) is 0 Å². The van der Waals surface area contributed by atoms with E-state index in [4.69, 9.17) is 4.74 Å². The number of aliphatic hydroxyl groups is 1. The fourth-order valence-corrected chi connectivity index (χ4v) is 3.38. The molecular formula is C11H21NO2S. The van der Waals surface area contributed by atoms with Gasteiger partial charge in [0.1, 0.15) is 0 Å². The van der Waals surface area contributed by atoms with E-state index in [2.05, 4.69) is 11.8 Å². The summed E-state index contributed by atoms with van der Waals surface area (Å²) >= 11 is 2.03. The summed E-state index contributed by atoms with van der Waals surface area (Å²) in [7, 11) is 0. The Labute approximate surface area is 96.2 Å². The van der Waals surface area contributed by atoms with Gasteiger partial charge in [0.25, 0.3) is 0 Å². The van der Waals surface area contributed by atoms with Gasteiger partial charge in [0.15, 0.2) is 0 Å². The molecule has 2 saturated heterocycles. The maximum Gasteiger partial charge on any atom is 0.0624 e. The lowest BCUT2D eigenvalue weighted by Crippen LogP contribution is -2.47. The molecule has 0 spiro atoms. The van der Waals surface area contributed by atoms with Crippen molar-refractivity contribution in [3.8, 4) is 0 Å². The Kier molecular flexibility index (Phi) is 4.31. The molecular weight excluding hydrogens is 210 g/mol. The van der Waals surface area contributed by atoms with Crippen LogP contribution in [-0.4, -0.2) is 60.0 Å². The standard InChI is InChI=1S/C11H21NO2S/c1-9-8-15-5-3-12(9)6-10-7-14-4-2-11(10)13/h9-11,13H,2-8H2,1H3. The summed E-state index contributed by atoms with van der Waals surface area (Å²) in [5.74, 6) is 2.78. The van der Waals surface area contributed by atoms with E-state index in [0.29, 0.717) is 12.0 Å². The molecule has 3 unspecified atom stereocenters. The van der Waals surface area contributed by atoms with Gasteiger partial charge in [0.05, 0.1) is 12.7 Å². The molecule has 2 rings (SSSR count). The van der Waals surface area contributed by atoms with Crippen LogP contribution in [0.2, 0.25) is 0 Å². The van der Waals surface area contributed by atoms with E-state index < -0.39 is 0 Å². The predicted molar refractivity (Wildman–Crippen MR) is 63.3 cm³/mol. The third kappa shape index (κ3) is 3.09. The van der Waals surface area contributed by atoms with Crippen molar-refractivity contribution >= 4 is 11.8 Å². The molecule has 0 aromatic carbocycles. The molecule has 2 heterocycles. The van der Waals surface area contributed by atoms with Gasteiger partial charge in [-0.2, -0.15) is 11.8 Å². The zero-order chi connectivity index (χ0) is 10.7. The lowest BCUT2D eigenvalue weighted by Gasteiger charge is -2.38. The van der Waals surface area contributed by atoms with E-state index in [0.717, 1.165) is 32.7 Å². The third-order valence-electron chi connectivity index (χ3n) is 3.41. The second-order valence-corrected chi connectivity index (χ2v) is 5.76. The van der Waals surface area contributed by atoms with Crippen molar-refractivity contribution in [2.75, 3.05) is 37.8 Å². The van der Waals surface area contributed by atoms with Crippen molar-refractivity contribution in [2.45, 2.75) is 25.5 Å². The Balaban J connectivity index is 1.83. The SMILES string of the molecule is CC1CSCCN1CC1COCCC1O. The first-order valence-electron chi connectivity index (χ1n) is 5.85. The number of thioether (sulfide) groups is 1. The molecule has 1 N–H and O–H groups in total. The normalized spacial score (nSPS) is 39.2. The highest BCUT2D eigenvalue weighted by Gasteiger charge is 2.28. The molecule has 3 nitrogen and oxygen atoms in total. The van der Waals surface area contributed by atoms with Gasteiger partial charge < -0.3 is 9.84 Å². The highest BCUT2D eigenvalue weighted by Crippen LogP contribution is 2.21. The summed E-state index contributed by atoms with van der Waals surface area (Å²) in [6.07, 6.45) is 0.655. The van der Waals surface area contributed by atoms with Gasteiger partial charge in [-0.05, 0) is 13.3 Å². The largest absolute Gasteiger partial charge is 0.393 e. The van der Waals surface area contributed by atoms with Crippen molar-refractivity contribution < 1.29 is 9.84 Å². The second-order valence-electron chi connectivity index (χ2n) is 4.61. The highest BCUT2D eigenvalue weighted by atomic mass is 32.2. The number of ether oxygens (including phenoxy) is 1. The van der Waals surface area contributed by atoms with E-state index in [1.54, 1.807) is 0 Å². The topological polar surface area (TPSA) is 32.7 Å². The Morgan fingerprint density at radius 2 is 2.40 bits per heavy atom. The predicted octanol–water partition coefficient (Wildman–Crippen LogP) is 0.821. The molecule has 0 bridgehead atoms. The number of aliphatic hydroxyl groups excluding tert-OH is 1. The van der Waals surface area contributed by atoms with E-state index in [-0.39, 0.29) is 6.10 Å². The molecule has 2 aliphatic rings. The van der Waals surface area contributed by atoms with Crippen LogP contribution >= 0.6 is 11.8 Å². The maximum absolute atomic E-state index is 9.87. The zero-order valence-corrected chi connectivity index (χ0v) is 10.2. The van der Waals surface area contributed by atoms with Gasteiger partial charge in [0, 0.05) is 43.2 Å². The Morgan fingerprint density at radius 1 is 1.53 bits per heavy atom. The number of hydrogen-bond donors (Lipinski definition) is 1. The Morgan fingerprint density at radius 3 is 3.13 bits per heavy atom. The van der Waals surface area contributed by atoms with Gasteiger partial charge >= 0.3 is 0 Å². The molecule has 4 heteroatoms. The van der Waals surface area contributed by atoms with Crippen molar-refractivity contribution in [1.29, 1.82) is 0 Å². The quantitative estimate of drug-likeness (QED) is 0.763. The summed E-state index contributed by atoms with van der Waals surface area (Å²) in [4.78, 5) is 2.50. The molecule has 2 fully saturated rings. The summed E-state index contributed by atoms with van der Waals surface area (Å²) in [5, 5.41) is 9.87. The zero-order valence-electron chi connectivity index (χ0n) is 9.39. The highest BCUT2D eigenvalue weighted by molar-refractivity contribution is 7.99. The average molecular weight is 231 g/mol. The first-order chi connectivity index (χ1) is 7.27. The molecule has 0 saturated carbocycles. The van der Waals surface area contributed by atoms with Gasteiger partial charge in [0.2, 0.25) is 0 Å². The van der Waals surface area contributed by atoms with E-state index in [1.165, 1.54) is 11.5 Å². The fourth-order valence-electron chi connectivity index (χ4n) is 2.29. The van der Waals surface area contributed by atoms with Gasteiger partial charge in [-0.1, -0.05) is 0 Å². The lowest BCUT2D eigenvalue weighted by molar-refractivity contribution is -0.0488. The van der Waals surface area contributed by atoms with E-state index >= 15 is 0 Å². The Hall–Kier alpha value is 0.230. The van der Waals surface area contributed by atoms with Crippen molar-refractivity contribution in [1.82, 2.24) is 4.90 Å². The van der Waals surface area contributed by atoms with Crippen LogP contribution in [0.5, 0.6) is 0 Å². The van der Waals surface area contributed by atoms with Crippen LogP contribution in [-0.2, 0) is 4.74 Å². The first-order valence-corrected chi connectivity index (χ1v) is 7.00. The van der Waals surface area contributed by atoms with Crippen LogP contribution in [0.15, 0.2) is 0 Å². The van der Waals surface area contributed by atoms with Crippen LogP contribution in [0.4, 0.5) is 0 Å². The Bertz CT molecular complexity index is 183. The number of nitrogens with zero attached hydrogens (tertiary/aromatic N) is 1. The summed E-state index contributed by atoms with van der Waals surface area (Å²) in [6, 6.07) is 0.651. The number of rotatable bonds is 2. The van der Waals surface area contributed by atoms with Crippen LogP contribution in [0.1, 0.15) is 13.3 Å². The molecule has 0 aliphatic carbocycles. The molecule has 15 heavy (non-hydrogen) atoms. The van der Waals surface area contributed by atoms with Crippen molar-refractivity contribution in [3.05, 3.63) is 0 Å². The monoisotopic (exact) mass is 231 g/mol. The van der Waals surface area contributed by atoms with Crippen molar-refractivity contribution in [2.24, 2.45) is 5.92 Å². The fraction of sp³-hybridized carbons (Fsp3) is 1.00. The molecule has 0 aromatic heterocycles. The average Bonchev–Trinajstić information content (AvgIpc) is 2.24. The minimum atomic E-state index is -0.152. The van der Waals surface area contributed by atoms with Crippen LogP contribution in [0, 0.1) is 5.92 Å². The van der Waals surface area contributed by atoms with Crippen LogP contribution in [0.25, 0.3) is 0 Å². The third-order valence-corrected chi connectivity index (χ3v) is 4.60. The summed E-state index contributed by atoms with van der Waals surface area (Å²) in [6.45, 7) is 5.90.